The molecule has 1 heterocycles. The largest absolute Gasteiger partial charge is 0.494 e. The summed E-state index contributed by atoms with van der Waals surface area (Å²) < 4.78 is 5.61. The third-order valence-corrected chi connectivity index (χ3v) is 6.39. The molecular formula is C12H13BrOS3. The van der Waals surface area contributed by atoms with Gasteiger partial charge in [-0.15, -0.1) is 0 Å². The highest BCUT2D eigenvalue weighted by Crippen LogP contribution is 2.31. The number of hydrogen-bond donors (Lipinski definition) is 0. The van der Waals surface area contributed by atoms with Crippen LogP contribution >= 0.6 is 26.7 Å². The van der Waals surface area contributed by atoms with Gasteiger partial charge in [0, 0.05) is 11.1 Å². The molecule has 0 N–H and O–H groups in total. The molecule has 0 bridgehead atoms. The number of hydrogen-bond acceptors (Lipinski definition) is 3. The Labute approximate surface area is 121 Å². The minimum absolute atomic E-state index is 0.0561. The van der Waals surface area contributed by atoms with E-state index in [9.17, 15) is 0 Å². The molecule has 1 aromatic rings. The first kappa shape index (κ1) is 13.6. The number of benzene rings is 1. The SMILES string of the molecule is S=S1CC(c2ccc(OCCCBr)cc2)=CS1. The van der Waals surface area contributed by atoms with E-state index in [1.807, 2.05) is 12.1 Å². The van der Waals surface area contributed by atoms with E-state index in [1.54, 1.807) is 10.8 Å². The van der Waals surface area contributed by atoms with Gasteiger partial charge in [0.1, 0.15) is 5.75 Å². The molecule has 1 unspecified atom stereocenters. The molecule has 0 aromatic heterocycles. The standard InChI is InChI=1S/C12H13BrOS3/c13-6-1-7-14-12-4-2-10(3-5-12)11-8-16-17(15)9-11/h2-5,8H,1,6-7,9H2. The zero-order valence-electron chi connectivity index (χ0n) is 9.23. The molecular weight excluding hydrogens is 336 g/mol. The Bertz CT molecular complexity index is 428. The summed E-state index contributed by atoms with van der Waals surface area (Å²) in [5.41, 5.74) is 2.63. The van der Waals surface area contributed by atoms with E-state index in [4.69, 9.17) is 15.9 Å². The predicted molar refractivity (Wildman–Crippen MR) is 85.5 cm³/mol. The molecule has 0 fully saturated rings. The third-order valence-electron chi connectivity index (χ3n) is 2.34. The fourth-order valence-electron chi connectivity index (χ4n) is 1.47. The second-order valence-electron chi connectivity index (χ2n) is 3.60. The topological polar surface area (TPSA) is 9.23 Å². The van der Waals surface area contributed by atoms with E-state index in [2.05, 4.69) is 33.5 Å². The van der Waals surface area contributed by atoms with E-state index in [0.717, 1.165) is 29.9 Å². The Morgan fingerprint density at radius 3 is 2.71 bits per heavy atom. The van der Waals surface area contributed by atoms with Gasteiger partial charge < -0.3 is 4.74 Å². The predicted octanol–water partition coefficient (Wildman–Crippen LogP) is 3.93. The highest BCUT2D eigenvalue weighted by Gasteiger charge is 2.11. The molecule has 0 aliphatic carbocycles. The molecule has 17 heavy (non-hydrogen) atoms. The highest BCUT2D eigenvalue weighted by molar-refractivity contribution is 9.09. The summed E-state index contributed by atoms with van der Waals surface area (Å²) in [4.78, 5) is 0. The molecule has 2 rings (SSSR count). The van der Waals surface area contributed by atoms with Gasteiger partial charge in [-0.1, -0.05) is 47.3 Å². The maximum absolute atomic E-state index is 5.61. The van der Waals surface area contributed by atoms with Crippen molar-refractivity contribution in [3.8, 4) is 5.75 Å². The first-order chi connectivity index (χ1) is 8.29. The zero-order chi connectivity index (χ0) is 12.1. The van der Waals surface area contributed by atoms with Crippen LogP contribution in [0.15, 0.2) is 29.7 Å². The molecule has 1 nitrogen and oxygen atoms in total. The lowest BCUT2D eigenvalue weighted by molar-refractivity contribution is 0.319. The van der Waals surface area contributed by atoms with Crippen LogP contribution in [0.2, 0.25) is 0 Å². The Balaban J connectivity index is 1.96. The summed E-state index contributed by atoms with van der Waals surface area (Å²) >= 11 is 8.67. The lowest BCUT2D eigenvalue weighted by Crippen LogP contribution is -1.97. The van der Waals surface area contributed by atoms with Crippen LogP contribution < -0.4 is 4.74 Å². The van der Waals surface area contributed by atoms with Gasteiger partial charge in [0.25, 0.3) is 0 Å². The van der Waals surface area contributed by atoms with Crippen LogP contribution in [-0.2, 0) is 19.7 Å². The first-order valence-electron chi connectivity index (χ1n) is 5.33. The summed E-state index contributed by atoms with van der Waals surface area (Å²) in [6.07, 6.45) is 1.03. The molecule has 0 radical (unpaired) electrons. The molecule has 1 aromatic carbocycles. The number of ether oxygens (including phenoxy) is 1. The summed E-state index contributed by atoms with van der Waals surface area (Å²) in [6, 6.07) is 8.31. The molecule has 1 atom stereocenters. The van der Waals surface area contributed by atoms with Crippen molar-refractivity contribution in [1.82, 2.24) is 0 Å². The van der Waals surface area contributed by atoms with Gasteiger partial charge in [-0.2, -0.15) is 0 Å². The van der Waals surface area contributed by atoms with Crippen LogP contribution in [0.1, 0.15) is 12.0 Å². The summed E-state index contributed by atoms with van der Waals surface area (Å²) in [5.74, 6) is 1.96. The minimum atomic E-state index is 0.0561. The van der Waals surface area contributed by atoms with Crippen molar-refractivity contribution in [3.05, 3.63) is 35.2 Å². The summed E-state index contributed by atoms with van der Waals surface area (Å²) in [6.45, 7) is 0.763. The average molecular weight is 349 g/mol. The van der Waals surface area contributed by atoms with Gasteiger partial charge in [0.2, 0.25) is 0 Å². The van der Waals surface area contributed by atoms with Gasteiger partial charge in [0.05, 0.1) is 6.61 Å². The summed E-state index contributed by atoms with van der Waals surface area (Å²) in [5, 5.41) is 3.17. The van der Waals surface area contributed by atoms with Crippen molar-refractivity contribution in [3.63, 3.8) is 0 Å². The van der Waals surface area contributed by atoms with Gasteiger partial charge in [-0.05, 0) is 46.3 Å². The average Bonchev–Trinajstić information content (AvgIpc) is 2.77. The van der Waals surface area contributed by atoms with E-state index in [-0.39, 0.29) is 8.49 Å². The molecule has 0 spiro atoms. The van der Waals surface area contributed by atoms with Gasteiger partial charge in [-0.25, -0.2) is 0 Å². The monoisotopic (exact) mass is 348 g/mol. The Morgan fingerprint density at radius 2 is 2.12 bits per heavy atom. The normalized spacial score (nSPS) is 19.1. The van der Waals surface area contributed by atoms with Gasteiger partial charge in [0.15, 0.2) is 0 Å². The lowest BCUT2D eigenvalue weighted by Gasteiger charge is -2.06. The molecule has 5 heteroatoms. The van der Waals surface area contributed by atoms with Crippen molar-refractivity contribution in [2.24, 2.45) is 0 Å². The van der Waals surface area contributed by atoms with Crippen molar-refractivity contribution >= 4 is 52.0 Å². The molecule has 0 saturated carbocycles. The number of rotatable bonds is 5. The highest BCUT2D eigenvalue weighted by atomic mass is 79.9. The van der Waals surface area contributed by atoms with Crippen molar-refractivity contribution in [1.29, 1.82) is 0 Å². The van der Waals surface area contributed by atoms with Crippen LogP contribution in [-0.4, -0.2) is 17.7 Å². The quantitative estimate of drug-likeness (QED) is 0.453. The molecule has 92 valence electrons. The Hall–Kier alpha value is 0.160. The Morgan fingerprint density at radius 1 is 1.35 bits per heavy atom. The fraction of sp³-hybridized carbons (Fsp3) is 0.333. The molecule has 1 aliphatic rings. The van der Waals surface area contributed by atoms with Crippen LogP contribution in [0.4, 0.5) is 0 Å². The van der Waals surface area contributed by atoms with Gasteiger partial charge >= 0.3 is 0 Å². The number of halogens is 1. The van der Waals surface area contributed by atoms with Crippen LogP contribution in [0, 0.1) is 0 Å². The second-order valence-corrected chi connectivity index (χ2v) is 9.34. The second kappa shape index (κ2) is 6.92. The minimum Gasteiger partial charge on any atom is -0.494 e. The zero-order valence-corrected chi connectivity index (χ0v) is 13.3. The fourth-order valence-corrected chi connectivity index (χ4v) is 4.81. The maximum atomic E-state index is 5.61. The van der Waals surface area contributed by atoms with Gasteiger partial charge in [-0.3, -0.25) is 0 Å². The molecule has 0 saturated heterocycles. The van der Waals surface area contributed by atoms with E-state index >= 15 is 0 Å². The van der Waals surface area contributed by atoms with Crippen LogP contribution in [0.5, 0.6) is 5.75 Å². The molecule has 0 amide bonds. The van der Waals surface area contributed by atoms with Crippen LogP contribution in [0.3, 0.4) is 0 Å². The third kappa shape index (κ3) is 4.09. The molecule has 1 aliphatic heterocycles. The van der Waals surface area contributed by atoms with Crippen molar-refractivity contribution in [2.45, 2.75) is 6.42 Å². The van der Waals surface area contributed by atoms with E-state index in [0.29, 0.717) is 0 Å². The Kier molecular flexibility index (Phi) is 5.53. The first-order valence-corrected chi connectivity index (χ1v) is 10.2. The maximum Gasteiger partial charge on any atom is 0.119 e. The van der Waals surface area contributed by atoms with Crippen molar-refractivity contribution < 1.29 is 4.74 Å². The smallest absolute Gasteiger partial charge is 0.119 e. The van der Waals surface area contributed by atoms with E-state index in [1.165, 1.54) is 11.1 Å². The number of alkyl halides is 1. The lowest BCUT2D eigenvalue weighted by atomic mass is 10.1. The summed E-state index contributed by atoms with van der Waals surface area (Å²) in [7, 11) is 1.82. The van der Waals surface area contributed by atoms with E-state index < -0.39 is 0 Å². The van der Waals surface area contributed by atoms with Crippen LogP contribution in [0.25, 0.3) is 5.57 Å². The van der Waals surface area contributed by atoms with Crippen molar-refractivity contribution in [2.75, 3.05) is 17.7 Å².